The van der Waals surface area contributed by atoms with Crippen molar-refractivity contribution in [2.24, 2.45) is 16.2 Å². The van der Waals surface area contributed by atoms with Gasteiger partial charge in [0.25, 0.3) is 0 Å². The lowest BCUT2D eigenvalue weighted by Crippen LogP contribution is -2.69. The fourth-order valence-corrected chi connectivity index (χ4v) is 13.4. The number of ether oxygens (including phenoxy) is 5. The van der Waals surface area contributed by atoms with Gasteiger partial charge in [0.2, 0.25) is 17.7 Å². The summed E-state index contributed by atoms with van der Waals surface area (Å²) in [7, 11) is 0. The highest BCUT2D eigenvalue weighted by Crippen LogP contribution is 2.45. The lowest BCUT2D eigenvalue weighted by atomic mass is 9.69. The Labute approximate surface area is 657 Å². The van der Waals surface area contributed by atoms with E-state index in [-0.39, 0.29) is 77.2 Å². The van der Waals surface area contributed by atoms with Crippen LogP contribution in [0.15, 0.2) is 73.3 Å². The van der Waals surface area contributed by atoms with Crippen LogP contribution in [-0.4, -0.2) is 206 Å². The molecule has 3 unspecified atom stereocenters. The predicted octanol–water partition coefficient (Wildman–Crippen LogP) is 9.79. The standard InChI is InChI=1S/C81H121N11O20/c1-72(2,3)79(87-71(107)108-52-57-55-32-24-22-30-53(55)54-31-23-25-33-56(54)57,67(101)84-38-28-26-36-80(68(102)103,73(4,5)6)85-70(106)86-81(69(104)105,74(7,8)9)37-34-62(95)96)35-27-29-41-88(44-58-82-39-42-89(58)46-60(93)91(48-63(97)109-75(10,11)12)49-64(98)110-76(13,14)15)45-59-83-40-43-90(59)47-61(94)92(50-65(99)111-77(16,17)18)51-66(100)112-78(19,20)21/h22-25,30-33,39-40,42-43,57H,26-29,34-38,41,44-52H2,1-21H3,(H,84,101)(H,87,107)(H,95,96)(H,102,103)(H,104,105)(H2,85,86,106). The zero-order valence-corrected chi connectivity index (χ0v) is 69.4. The second-order valence-electron chi connectivity index (χ2n) is 35.7. The number of esters is 4. The summed E-state index contributed by atoms with van der Waals surface area (Å²) in [5, 5.41) is 42.2. The maximum absolute atomic E-state index is 15.5. The van der Waals surface area contributed by atoms with E-state index in [1.165, 1.54) is 33.2 Å². The number of urea groups is 1. The molecule has 1 aliphatic rings. The molecule has 31 nitrogen and oxygen atoms in total. The molecule has 0 spiro atoms. The number of rotatable bonds is 37. The Morgan fingerprint density at radius 3 is 1.20 bits per heavy atom. The van der Waals surface area contributed by atoms with Crippen LogP contribution in [0.2, 0.25) is 0 Å². The normalized spacial score (nSPS) is 14.3. The van der Waals surface area contributed by atoms with E-state index >= 15 is 4.79 Å². The monoisotopic (exact) mass is 1570 g/mol. The Kier molecular flexibility index (Phi) is 31.1. The second-order valence-corrected chi connectivity index (χ2v) is 35.7. The van der Waals surface area contributed by atoms with Crippen molar-refractivity contribution in [2.75, 3.05) is 45.9 Å². The number of fused-ring (bicyclic) bond motifs is 3. The molecule has 1 aliphatic carbocycles. The molecule has 0 saturated heterocycles. The molecule has 0 radical (unpaired) electrons. The van der Waals surface area contributed by atoms with Gasteiger partial charge in [0.05, 0.1) is 13.1 Å². The third-order valence-corrected chi connectivity index (χ3v) is 19.1. The number of nitrogens with zero attached hydrogens (tertiary/aromatic N) is 7. The summed E-state index contributed by atoms with van der Waals surface area (Å²) >= 11 is 0. The molecule has 2 heterocycles. The number of amides is 6. The highest BCUT2D eigenvalue weighted by atomic mass is 16.6. The number of carboxylic acid groups (broad SMARTS) is 3. The van der Waals surface area contributed by atoms with Crippen LogP contribution in [0.1, 0.15) is 225 Å². The SMILES string of the molecule is CC(C)(C)OC(=O)CN(CC(=O)OC(C)(C)C)C(=O)Cn1ccnc1CN(CCCCC(NC(=O)OCC1c2ccccc2-c2ccccc21)(C(=O)NCCCCC(NC(=O)NC(CCC(=O)O)(C(=O)O)C(C)(C)C)(C(=O)O)C(C)(C)C)C(C)(C)C)Cc1nccn1CC(=O)N(CC(=O)OC(C)(C)C)CC(=O)OC(C)(C)C. The Morgan fingerprint density at radius 1 is 0.464 bits per heavy atom. The highest BCUT2D eigenvalue weighted by molar-refractivity contribution is 5.93. The quantitative estimate of drug-likeness (QED) is 0.0125. The number of nitrogens with one attached hydrogen (secondary N) is 4. The highest BCUT2D eigenvalue weighted by Gasteiger charge is 2.55. The number of carbonyl (C=O) groups excluding carboxylic acids is 9. The summed E-state index contributed by atoms with van der Waals surface area (Å²) in [5.41, 5.74) is -9.38. The van der Waals surface area contributed by atoms with Crippen molar-refractivity contribution in [3.05, 3.63) is 96.1 Å². The van der Waals surface area contributed by atoms with Crippen LogP contribution >= 0.6 is 0 Å². The largest absolute Gasteiger partial charge is 0.481 e. The Bertz CT molecular complexity index is 3780. The average molecular weight is 1570 g/mol. The van der Waals surface area contributed by atoms with Crippen LogP contribution in [0.25, 0.3) is 11.1 Å². The summed E-state index contributed by atoms with van der Waals surface area (Å²) in [5.74, 6) is -8.98. The topological polar surface area (TPSA) is 405 Å². The molecule has 620 valence electrons. The van der Waals surface area contributed by atoms with E-state index in [0.29, 0.717) is 11.6 Å². The van der Waals surface area contributed by atoms with E-state index < -0.39 is 179 Å². The zero-order chi connectivity index (χ0) is 84.6. The van der Waals surface area contributed by atoms with Crippen molar-refractivity contribution >= 4 is 71.6 Å². The van der Waals surface area contributed by atoms with Crippen LogP contribution in [-0.2, 0) is 97.8 Å². The van der Waals surface area contributed by atoms with Gasteiger partial charge in [-0.2, -0.15) is 0 Å². The van der Waals surface area contributed by atoms with E-state index in [2.05, 4.69) is 31.2 Å². The van der Waals surface area contributed by atoms with Gasteiger partial charge < -0.3 is 79.2 Å². The molecule has 0 saturated carbocycles. The number of aliphatic carboxylic acids is 3. The van der Waals surface area contributed by atoms with Crippen molar-refractivity contribution in [3.8, 4) is 11.1 Å². The second kappa shape index (κ2) is 37.6. The lowest BCUT2D eigenvalue weighted by molar-refractivity contribution is -0.165. The predicted molar refractivity (Wildman–Crippen MR) is 414 cm³/mol. The van der Waals surface area contributed by atoms with Gasteiger partial charge in [0.1, 0.15) is 96.5 Å². The first-order valence-electron chi connectivity index (χ1n) is 37.9. The van der Waals surface area contributed by atoms with Gasteiger partial charge in [0.15, 0.2) is 0 Å². The molecule has 2 aromatic carbocycles. The van der Waals surface area contributed by atoms with E-state index in [0.717, 1.165) is 32.1 Å². The number of carbonyl (C=O) groups is 12. The van der Waals surface area contributed by atoms with Gasteiger partial charge in [-0.1, -0.05) is 111 Å². The number of hydrogen-bond acceptors (Lipinski definition) is 20. The van der Waals surface area contributed by atoms with Crippen molar-refractivity contribution < 1.29 is 96.5 Å². The van der Waals surface area contributed by atoms with Gasteiger partial charge in [0, 0.05) is 43.7 Å². The number of carboxylic acids is 3. The van der Waals surface area contributed by atoms with Crippen molar-refractivity contribution in [3.63, 3.8) is 0 Å². The molecule has 0 bridgehead atoms. The first-order valence-corrected chi connectivity index (χ1v) is 37.9. The number of benzene rings is 2. The first kappa shape index (κ1) is 92.7. The Morgan fingerprint density at radius 2 is 0.830 bits per heavy atom. The van der Waals surface area contributed by atoms with Crippen LogP contribution in [0.4, 0.5) is 9.59 Å². The van der Waals surface area contributed by atoms with Crippen LogP contribution in [0.5, 0.6) is 0 Å². The van der Waals surface area contributed by atoms with Crippen LogP contribution in [0.3, 0.4) is 0 Å². The molecule has 112 heavy (non-hydrogen) atoms. The number of unbranched alkanes of at least 4 members (excludes halogenated alkanes) is 2. The van der Waals surface area contributed by atoms with E-state index in [9.17, 15) is 68.1 Å². The van der Waals surface area contributed by atoms with Crippen LogP contribution < -0.4 is 21.3 Å². The first-order chi connectivity index (χ1) is 51.5. The van der Waals surface area contributed by atoms with Crippen molar-refractivity contribution in [1.82, 2.24) is 55.1 Å². The summed E-state index contributed by atoms with van der Waals surface area (Å²) in [6, 6.07) is 14.5. The third-order valence-electron chi connectivity index (χ3n) is 19.1. The maximum atomic E-state index is 15.5. The fourth-order valence-electron chi connectivity index (χ4n) is 13.4. The van der Waals surface area contributed by atoms with E-state index in [1.54, 1.807) is 146 Å². The molecule has 5 rings (SSSR count). The summed E-state index contributed by atoms with van der Waals surface area (Å²) in [6.07, 6.45) is 4.45. The molecule has 0 fully saturated rings. The fraction of sp³-hybridized carbons (Fsp3) is 0.630. The Hall–Kier alpha value is -9.94. The third kappa shape index (κ3) is 26.6. The minimum atomic E-state index is -2.15. The van der Waals surface area contributed by atoms with Crippen molar-refractivity contribution in [1.29, 1.82) is 0 Å². The molecule has 6 amide bonds. The Balaban J connectivity index is 1.53. The minimum Gasteiger partial charge on any atom is -0.481 e. The number of hydrogen-bond donors (Lipinski definition) is 7. The molecular formula is C81H121N11O20. The van der Waals surface area contributed by atoms with Gasteiger partial charge in [-0.3, -0.25) is 43.3 Å². The molecule has 4 aromatic rings. The summed E-state index contributed by atoms with van der Waals surface area (Å²) < 4.78 is 31.5. The number of imidazole rings is 2. The molecular weight excluding hydrogens is 1450 g/mol. The summed E-state index contributed by atoms with van der Waals surface area (Å²) in [6.45, 7) is 31.5. The molecule has 2 aromatic heterocycles. The maximum Gasteiger partial charge on any atom is 0.408 e. The van der Waals surface area contributed by atoms with Gasteiger partial charge in [-0.15, -0.1) is 0 Å². The molecule has 7 N–H and O–H groups in total. The van der Waals surface area contributed by atoms with E-state index in [4.69, 9.17) is 23.7 Å². The smallest absolute Gasteiger partial charge is 0.408 e. The molecule has 31 heteroatoms. The van der Waals surface area contributed by atoms with Gasteiger partial charge >= 0.3 is 53.9 Å². The lowest BCUT2D eigenvalue weighted by Gasteiger charge is -2.45. The number of alkyl carbamates (subject to hydrolysis) is 1. The minimum absolute atomic E-state index is 0.0169. The van der Waals surface area contributed by atoms with Gasteiger partial charge in [-0.05, 0) is 173 Å². The average Bonchev–Trinajstić information content (AvgIpc) is 1.39. The number of aromatic nitrogens is 4. The van der Waals surface area contributed by atoms with E-state index in [1.807, 2.05) is 53.4 Å². The van der Waals surface area contributed by atoms with Crippen LogP contribution in [0, 0.1) is 16.2 Å². The zero-order valence-electron chi connectivity index (χ0n) is 69.4. The molecule has 3 atom stereocenters. The summed E-state index contributed by atoms with van der Waals surface area (Å²) in [4.78, 5) is 178. The van der Waals surface area contributed by atoms with Gasteiger partial charge in [-0.25, -0.2) is 29.1 Å². The molecule has 0 aliphatic heterocycles. The van der Waals surface area contributed by atoms with Crippen molar-refractivity contribution in [2.45, 2.75) is 268 Å².